The van der Waals surface area contributed by atoms with Gasteiger partial charge in [0.15, 0.2) is 5.75 Å². The molecule has 5 nitrogen and oxygen atoms in total. The van der Waals surface area contributed by atoms with E-state index >= 15 is 0 Å². The molecule has 1 heterocycles. The van der Waals surface area contributed by atoms with Crippen molar-refractivity contribution in [1.82, 2.24) is 15.0 Å². The number of benzene rings is 2. The molecule has 2 aromatic carbocycles. The van der Waals surface area contributed by atoms with Gasteiger partial charge >= 0.3 is 0 Å². The zero-order valence-corrected chi connectivity index (χ0v) is 17.2. The van der Waals surface area contributed by atoms with Gasteiger partial charge in [-0.05, 0) is 54.2 Å². The number of allylic oxidation sites excluding steroid dienone is 1. The highest BCUT2D eigenvalue weighted by atomic mass is 16.5. The molecular weight excluding hydrogens is 338 g/mol. The molecule has 1 aromatic heterocycles. The second-order valence-electron chi connectivity index (χ2n) is 7.85. The van der Waals surface area contributed by atoms with Crippen molar-refractivity contribution < 1.29 is 9.47 Å². The molecule has 0 saturated carbocycles. The van der Waals surface area contributed by atoms with Gasteiger partial charge in [0, 0.05) is 11.6 Å². The lowest BCUT2D eigenvalue weighted by Crippen LogP contribution is -2.17. The van der Waals surface area contributed by atoms with Crippen molar-refractivity contribution in [1.29, 1.82) is 0 Å². The van der Waals surface area contributed by atoms with E-state index in [9.17, 15) is 0 Å². The van der Waals surface area contributed by atoms with Crippen molar-refractivity contribution in [3.8, 4) is 17.2 Å². The summed E-state index contributed by atoms with van der Waals surface area (Å²) in [5, 5.41) is 9.39. The van der Waals surface area contributed by atoms with Crippen LogP contribution in [0.4, 0.5) is 0 Å². The molecule has 0 unspecified atom stereocenters. The normalized spacial score (nSPS) is 11.7. The fraction of sp³-hybridized carbons (Fsp3) is 0.364. The Morgan fingerprint density at radius 1 is 1.04 bits per heavy atom. The van der Waals surface area contributed by atoms with Crippen molar-refractivity contribution in [3.63, 3.8) is 0 Å². The van der Waals surface area contributed by atoms with Crippen LogP contribution < -0.4 is 9.47 Å². The van der Waals surface area contributed by atoms with E-state index in [1.807, 2.05) is 25.1 Å². The van der Waals surface area contributed by atoms with E-state index in [-0.39, 0.29) is 5.41 Å². The third kappa shape index (κ3) is 3.29. The Balaban J connectivity index is 2.36. The highest BCUT2D eigenvalue weighted by Gasteiger charge is 2.26. The lowest BCUT2D eigenvalue weighted by atomic mass is 9.81. The highest BCUT2D eigenvalue weighted by Crippen LogP contribution is 2.40. The number of fused-ring (bicyclic) bond motifs is 1. The first-order valence-electron chi connectivity index (χ1n) is 8.96. The largest absolute Gasteiger partial charge is 0.497 e. The fourth-order valence-electron chi connectivity index (χ4n) is 3.41. The number of hydrogen-bond acceptors (Lipinski definition) is 4. The van der Waals surface area contributed by atoms with Gasteiger partial charge in [-0.15, -0.1) is 15.0 Å². The average Bonchev–Trinajstić information content (AvgIpc) is 3.01. The molecular formula is C22H27N3O2. The average molecular weight is 365 g/mol. The SMILES string of the molecule is C=C(C)c1cc(C(C)(C)C)c(C)c(-n2nc3ccc(OC)cc3n2)c1OC. The predicted octanol–water partition coefficient (Wildman–Crippen LogP) is 5.08. The molecule has 0 radical (unpaired) electrons. The van der Waals surface area contributed by atoms with Crippen molar-refractivity contribution in [3.05, 3.63) is 47.5 Å². The molecule has 5 heteroatoms. The minimum Gasteiger partial charge on any atom is -0.497 e. The number of nitrogens with zero attached hydrogens (tertiary/aromatic N) is 3. The third-order valence-corrected chi connectivity index (χ3v) is 4.77. The van der Waals surface area contributed by atoms with Crippen molar-refractivity contribution in [2.75, 3.05) is 14.2 Å². The van der Waals surface area contributed by atoms with Crippen LogP contribution in [0.2, 0.25) is 0 Å². The Labute approximate surface area is 160 Å². The molecule has 27 heavy (non-hydrogen) atoms. The van der Waals surface area contributed by atoms with Gasteiger partial charge in [-0.25, -0.2) is 0 Å². The van der Waals surface area contributed by atoms with Crippen molar-refractivity contribution in [2.24, 2.45) is 0 Å². The van der Waals surface area contributed by atoms with Gasteiger partial charge in [0.25, 0.3) is 0 Å². The lowest BCUT2D eigenvalue weighted by Gasteiger charge is -2.26. The summed E-state index contributed by atoms with van der Waals surface area (Å²) in [5.41, 5.74) is 6.61. The van der Waals surface area contributed by atoms with Gasteiger partial charge in [-0.1, -0.05) is 27.4 Å². The standard InChI is InChI=1S/C22H27N3O2/c1-13(2)16-12-17(22(4,5)6)14(3)20(21(16)27-8)25-23-18-10-9-15(26-7)11-19(18)24-25/h9-12H,1H2,2-8H3. The maximum Gasteiger partial charge on any atom is 0.154 e. The molecule has 0 aliphatic rings. The number of ether oxygens (including phenoxy) is 2. The summed E-state index contributed by atoms with van der Waals surface area (Å²) < 4.78 is 11.1. The maximum absolute atomic E-state index is 5.80. The van der Waals surface area contributed by atoms with Crippen LogP contribution in [0.15, 0.2) is 30.8 Å². The van der Waals surface area contributed by atoms with Crippen LogP contribution in [-0.4, -0.2) is 29.2 Å². The quantitative estimate of drug-likeness (QED) is 0.647. The molecule has 0 fully saturated rings. The zero-order chi connectivity index (χ0) is 19.9. The van der Waals surface area contributed by atoms with E-state index < -0.39 is 0 Å². The van der Waals surface area contributed by atoms with Gasteiger partial charge in [0.1, 0.15) is 22.5 Å². The van der Waals surface area contributed by atoms with Crippen LogP contribution >= 0.6 is 0 Å². The highest BCUT2D eigenvalue weighted by molar-refractivity contribution is 5.78. The van der Waals surface area contributed by atoms with E-state index in [4.69, 9.17) is 19.7 Å². The molecule has 142 valence electrons. The molecule has 0 aliphatic carbocycles. The van der Waals surface area contributed by atoms with E-state index in [0.717, 1.165) is 44.9 Å². The Hall–Kier alpha value is -2.82. The van der Waals surface area contributed by atoms with Gasteiger partial charge < -0.3 is 9.47 Å². The molecule has 0 amide bonds. The number of methoxy groups -OCH3 is 2. The Bertz CT molecular complexity index is 1030. The van der Waals surface area contributed by atoms with E-state index in [1.165, 1.54) is 5.56 Å². The van der Waals surface area contributed by atoms with Gasteiger partial charge in [0.2, 0.25) is 0 Å². The van der Waals surface area contributed by atoms with Gasteiger partial charge in [-0.3, -0.25) is 0 Å². The van der Waals surface area contributed by atoms with Gasteiger partial charge in [-0.2, -0.15) is 0 Å². The first-order chi connectivity index (χ1) is 12.7. The summed E-state index contributed by atoms with van der Waals surface area (Å²) in [6.07, 6.45) is 0. The second-order valence-corrected chi connectivity index (χ2v) is 7.85. The van der Waals surface area contributed by atoms with Crippen LogP contribution in [0.1, 0.15) is 44.4 Å². The summed E-state index contributed by atoms with van der Waals surface area (Å²) >= 11 is 0. The lowest BCUT2D eigenvalue weighted by molar-refractivity contribution is 0.407. The van der Waals surface area contributed by atoms with E-state index in [2.05, 4.69) is 40.3 Å². The van der Waals surface area contributed by atoms with E-state index in [0.29, 0.717) is 0 Å². The van der Waals surface area contributed by atoms with Crippen molar-refractivity contribution >= 4 is 16.6 Å². The minimum absolute atomic E-state index is 0.0366. The first kappa shape index (κ1) is 19.0. The fourth-order valence-corrected chi connectivity index (χ4v) is 3.41. The van der Waals surface area contributed by atoms with Crippen LogP contribution in [-0.2, 0) is 5.41 Å². The monoisotopic (exact) mass is 365 g/mol. The maximum atomic E-state index is 5.80. The smallest absolute Gasteiger partial charge is 0.154 e. The Kier molecular flexibility index (Phi) is 4.72. The summed E-state index contributed by atoms with van der Waals surface area (Å²) in [6, 6.07) is 7.85. The number of aromatic nitrogens is 3. The van der Waals surface area contributed by atoms with Crippen LogP contribution in [0.5, 0.6) is 11.5 Å². The second kappa shape index (κ2) is 6.72. The predicted molar refractivity (Wildman–Crippen MR) is 110 cm³/mol. The van der Waals surface area contributed by atoms with Gasteiger partial charge in [0.05, 0.1) is 14.2 Å². The molecule has 0 N–H and O–H groups in total. The molecule has 0 atom stereocenters. The summed E-state index contributed by atoms with van der Waals surface area (Å²) in [6.45, 7) is 14.8. The molecule has 0 aliphatic heterocycles. The summed E-state index contributed by atoms with van der Waals surface area (Å²) in [7, 11) is 3.32. The molecule has 3 rings (SSSR count). The Morgan fingerprint density at radius 2 is 1.70 bits per heavy atom. The minimum atomic E-state index is -0.0366. The Morgan fingerprint density at radius 3 is 2.26 bits per heavy atom. The molecule has 3 aromatic rings. The number of rotatable bonds is 4. The van der Waals surface area contributed by atoms with Crippen molar-refractivity contribution in [2.45, 2.75) is 40.0 Å². The first-order valence-corrected chi connectivity index (χ1v) is 8.96. The molecule has 0 spiro atoms. The van der Waals surface area contributed by atoms with Crippen LogP contribution in [0, 0.1) is 6.92 Å². The zero-order valence-electron chi connectivity index (χ0n) is 17.2. The van der Waals surface area contributed by atoms with Crippen LogP contribution in [0.25, 0.3) is 22.3 Å². The molecule has 0 saturated heterocycles. The third-order valence-electron chi connectivity index (χ3n) is 4.77. The summed E-state index contributed by atoms with van der Waals surface area (Å²) in [4.78, 5) is 1.67. The van der Waals surface area contributed by atoms with Crippen LogP contribution in [0.3, 0.4) is 0 Å². The topological polar surface area (TPSA) is 49.2 Å². The molecule has 0 bridgehead atoms. The van der Waals surface area contributed by atoms with E-state index in [1.54, 1.807) is 19.0 Å². The summed E-state index contributed by atoms with van der Waals surface area (Å²) in [5.74, 6) is 1.49. The number of hydrogen-bond donors (Lipinski definition) is 0.